The van der Waals surface area contributed by atoms with Crippen molar-refractivity contribution in [2.75, 3.05) is 31.6 Å². The van der Waals surface area contributed by atoms with Crippen LogP contribution in [0, 0.1) is 12.8 Å². The summed E-state index contributed by atoms with van der Waals surface area (Å²) in [6.45, 7) is 3.47. The molecule has 2 amide bonds. The summed E-state index contributed by atoms with van der Waals surface area (Å²) in [6, 6.07) is 9.12. The minimum absolute atomic E-state index is 0.0287. The fraction of sp³-hybridized carbons (Fsp3) is 0.455. The SMILES string of the molecule is COc1cccc(N2CC(C(=O)N3CCC(Oc4ccnc(C)n4)CC3)CC2=O)c1. The number of likely N-dealkylation sites (tertiary alicyclic amines) is 1. The van der Waals surface area contributed by atoms with E-state index in [1.54, 1.807) is 24.3 Å². The van der Waals surface area contributed by atoms with Crippen LogP contribution in [0.5, 0.6) is 11.6 Å². The third-order valence-electron chi connectivity index (χ3n) is 5.63. The van der Waals surface area contributed by atoms with Crippen LogP contribution in [-0.2, 0) is 9.59 Å². The maximum absolute atomic E-state index is 13.0. The Morgan fingerprint density at radius 2 is 2.00 bits per heavy atom. The molecule has 2 aliphatic heterocycles. The second-order valence-corrected chi connectivity index (χ2v) is 7.69. The second-order valence-electron chi connectivity index (χ2n) is 7.69. The van der Waals surface area contributed by atoms with Gasteiger partial charge in [0.1, 0.15) is 17.7 Å². The molecule has 2 fully saturated rings. The van der Waals surface area contributed by atoms with E-state index >= 15 is 0 Å². The maximum atomic E-state index is 13.0. The molecule has 0 aliphatic carbocycles. The highest BCUT2D eigenvalue weighted by Crippen LogP contribution is 2.29. The number of rotatable bonds is 5. The van der Waals surface area contributed by atoms with Gasteiger partial charge in [0.05, 0.1) is 13.0 Å². The van der Waals surface area contributed by atoms with Gasteiger partial charge in [0.25, 0.3) is 0 Å². The van der Waals surface area contributed by atoms with Crippen LogP contribution in [-0.4, -0.2) is 59.5 Å². The van der Waals surface area contributed by atoms with E-state index in [9.17, 15) is 9.59 Å². The van der Waals surface area contributed by atoms with Crippen molar-refractivity contribution in [3.63, 3.8) is 0 Å². The van der Waals surface area contributed by atoms with Gasteiger partial charge in [-0.2, -0.15) is 4.98 Å². The van der Waals surface area contributed by atoms with Gasteiger partial charge in [-0.25, -0.2) is 4.98 Å². The van der Waals surface area contributed by atoms with Crippen molar-refractivity contribution in [1.82, 2.24) is 14.9 Å². The number of piperidine rings is 1. The molecule has 8 nitrogen and oxygen atoms in total. The first-order chi connectivity index (χ1) is 14.5. The Morgan fingerprint density at radius 1 is 1.20 bits per heavy atom. The lowest BCUT2D eigenvalue weighted by molar-refractivity contribution is -0.137. The van der Waals surface area contributed by atoms with Crippen LogP contribution in [0.25, 0.3) is 0 Å². The predicted octanol–water partition coefficient (Wildman–Crippen LogP) is 2.22. The van der Waals surface area contributed by atoms with Gasteiger partial charge in [0.15, 0.2) is 0 Å². The molecule has 2 saturated heterocycles. The van der Waals surface area contributed by atoms with Gasteiger partial charge in [-0.1, -0.05) is 6.07 Å². The minimum Gasteiger partial charge on any atom is -0.497 e. The highest BCUT2D eigenvalue weighted by Gasteiger charge is 2.38. The molecule has 2 aromatic rings. The average molecular weight is 410 g/mol. The summed E-state index contributed by atoms with van der Waals surface area (Å²) in [5.74, 6) is 1.64. The molecule has 8 heteroatoms. The van der Waals surface area contributed by atoms with E-state index in [0.717, 1.165) is 18.5 Å². The predicted molar refractivity (Wildman–Crippen MR) is 110 cm³/mol. The molecule has 1 unspecified atom stereocenters. The van der Waals surface area contributed by atoms with Gasteiger partial charge >= 0.3 is 0 Å². The highest BCUT2D eigenvalue weighted by atomic mass is 16.5. The number of aryl methyl sites for hydroxylation is 1. The largest absolute Gasteiger partial charge is 0.497 e. The van der Waals surface area contributed by atoms with Crippen LogP contribution in [0.3, 0.4) is 0 Å². The van der Waals surface area contributed by atoms with Crippen molar-refractivity contribution < 1.29 is 19.1 Å². The Bertz CT molecular complexity index is 927. The number of methoxy groups -OCH3 is 1. The molecule has 2 aliphatic rings. The molecule has 30 heavy (non-hydrogen) atoms. The highest BCUT2D eigenvalue weighted by molar-refractivity contribution is 6.00. The van der Waals surface area contributed by atoms with Crippen molar-refractivity contribution in [2.45, 2.75) is 32.3 Å². The van der Waals surface area contributed by atoms with Crippen molar-refractivity contribution in [2.24, 2.45) is 5.92 Å². The number of carbonyl (C=O) groups is 2. The molecule has 0 N–H and O–H groups in total. The van der Waals surface area contributed by atoms with Gasteiger partial charge in [-0.05, 0) is 19.1 Å². The molecular weight excluding hydrogens is 384 g/mol. The minimum atomic E-state index is -0.314. The van der Waals surface area contributed by atoms with Crippen molar-refractivity contribution in [3.8, 4) is 11.6 Å². The number of benzene rings is 1. The Kier molecular flexibility index (Phi) is 5.83. The zero-order chi connectivity index (χ0) is 21.1. The van der Waals surface area contributed by atoms with E-state index in [0.29, 0.717) is 37.1 Å². The Balaban J connectivity index is 1.32. The van der Waals surface area contributed by atoms with Crippen molar-refractivity contribution in [1.29, 1.82) is 0 Å². The summed E-state index contributed by atoms with van der Waals surface area (Å²) in [6.07, 6.45) is 3.44. The van der Waals surface area contributed by atoms with E-state index in [4.69, 9.17) is 9.47 Å². The van der Waals surface area contributed by atoms with Crippen LogP contribution in [0.1, 0.15) is 25.1 Å². The van der Waals surface area contributed by atoms with E-state index in [2.05, 4.69) is 9.97 Å². The summed E-state index contributed by atoms with van der Waals surface area (Å²) >= 11 is 0. The molecule has 158 valence electrons. The number of aromatic nitrogens is 2. The zero-order valence-electron chi connectivity index (χ0n) is 17.3. The molecule has 0 bridgehead atoms. The number of carbonyl (C=O) groups excluding carboxylic acids is 2. The lowest BCUT2D eigenvalue weighted by atomic mass is 10.0. The summed E-state index contributed by atoms with van der Waals surface area (Å²) in [5.41, 5.74) is 0.766. The lowest BCUT2D eigenvalue weighted by Gasteiger charge is -2.33. The smallest absolute Gasteiger partial charge is 0.228 e. The Labute approximate surface area is 175 Å². The number of hydrogen-bond donors (Lipinski definition) is 0. The Morgan fingerprint density at radius 3 is 2.73 bits per heavy atom. The Hall–Kier alpha value is -3.16. The first-order valence-corrected chi connectivity index (χ1v) is 10.2. The van der Waals surface area contributed by atoms with Crippen molar-refractivity contribution >= 4 is 17.5 Å². The van der Waals surface area contributed by atoms with Gasteiger partial charge in [-0.3, -0.25) is 9.59 Å². The van der Waals surface area contributed by atoms with Gasteiger partial charge in [0.2, 0.25) is 17.7 Å². The molecule has 0 spiro atoms. The number of anilines is 1. The molecule has 0 radical (unpaired) electrons. The first kappa shape index (κ1) is 20.1. The third-order valence-corrected chi connectivity index (χ3v) is 5.63. The maximum Gasteiger partial charge on any atom is 0.228 e. The second kappa shape index (κ2) is 8.69. The van der Waals surface area contributed by atoms with Crippen molar-refractivity contribution in [3.05, 3.63) is 42.4 Å². The first-order valence-electron chi connectivity index (χ1n) is 10.2. The summed E-state index contributed by atoms with van der Waals surface area (Å²) in [4.78, 5) is 37.4. The molecule has 1 aromatic heterocycles. The van der Waals surface area contributed by atoms with Crippen LogP contribution < -0.4 is 14.4 Å². The number of ether oxygens (including phenoxy) is 2. The van der Waals surface area contributed by atoms with Gasteiger partial charge < -0.3 is 19.3 Å². The van der Waals surface area contributed by atoms with Crippen LogP contribution in [0.4, 0.5) is 5.69 Å². The molecule has 4 rings (SSSR count). The summed E-state index contributed by atoms with van der Waals surface area (Å²) in [7, 11) is 1.59. The zero-order valence-corrected chi connectivity index (χ0v) is 17.3. The van der Waals surface area contributed by atoms with E-state index in [-0.39, 0.29) is 30.3 Å². The van der Waals surface area contributed by atoms with Gasteiger partial charge in [-0.15, -0.1) is 0 Å². The van der Waals surface area contributed by atoms with Crippen LogP contribution >= 0.6 is 0 Å². The van der Waals surface area contributed by atoms with E-state index < -0.39 is 0 Å². The topological polar surface area (TPSA) is 84.9 Å². The molecule has 1 atom stereocenters. The fourth-order valence-electron chi connectivity index (χ4n) is 4.02. The summed E-state index contributed by atoms with van der Waals surface area (Å²) in [5, 5.41) is 0. The van der Waals surface area contributed by atoms with E-state index in [1.807, 2.05) is 36.1 Å². The summed E-state index contributed by atoms with van der Waals surface area (Å²) < 4.78 is 11.2. The fourth-order valence-corrected chi connectivity index (χ4v) is 4.02. The third kappa shape index (κ3) is 4.37. The molecule has 0 saturated carbocycles. The number of hydrogen-bond acceptors (Lipinski definition) is 6. The van der Waals surface area contributed by atoms with E-state index in [1.165, 1.54) is 0 Å². The average Bonchev–Trinajstić information content (AvgIpc) is 3.15. The van der Waals surface area contributed by atoms with Gasteiger partial charge in [0, 0.05) is 62.9 Å². The normalized spacial score (nSPS) is 19.8. The molecule has 1 aromatic carbocycles. The number of amides is 2. The molecular formula is C22H26N4O4. The lowest BCUT2D eigenvalue weighted by Crippen LogP contribution is -2.45. The van der Waals surface area contributed by atoms with Crippen LogP contribution in [0.2, 0.25) is 0 Å². The van der Waals surface area contributed by atoms with Crippen LogP contribution in [0.15, 0.2) is 36.5 Å². The quantitative estimate of drug-likeness (QED) is 0.751. The standard InChI is InChI=1S/C22H26N4O4/c1-15-23-9-6-20(24-15)30-18-7-10-25(11-8-18)22(28)16-12-21(27)26(14-16)17-4-3-5-19(13-17)29-2/h3-6,9,13,16,18H,7-8,10-12,14H2,1-2H3. The monoisotopic (exact) mass is 410 g/mol. The molecule has 3 heterocycles. The number of nitrogens with zero attached hydrogens (tertiary/aromatic N) is 4.